The summed E-state index contributed by atoms with van der Waals surface area (Å²) in [6.07, 6.45) is 1.33. The molecule has 1 aliphatic rings. The normalized spacial score (nSPS) is 20.5. The maximum absolute atomic E-state index is 14.4. The van der Waals surface area contributed by atoms with Crippen LogP contribution in [0.2, 0.25) is 0 Å². The van der Waals surface area contributed by atoms with E-state index in [0.29, 0.717) is 5.76 Å². The molecule has 122 valence electrons. The summed E-state index contributed by atoms with van der Waals surface area (Å²) in [5.74, 6) is 1.19. The molecule has 0 saturated carbocycles. The molecule has 1 fully saturated rings. The maximum atomic E-state index is 14.4. The monoisotopic (exact) mass is 309 g/mol. The number of furan rings is 1. The van der Waals surface area contributed by atoms with E-state index in [2.05, 4.69) is 4.90 Å². The minimum absolute atomic E-state index is 0.453. The lowest BCUT2D eigenvalue weighted by molar-refractivity contribution is 0.00578. The standard InChI is InChI=1S/C16H25BFNO3/c1-7-19(8-2)14-10-9-12(20-14)11-13(18)17-21-15(3,4)16(5,6)22-17/h9-11H,7-8H2,1-6H3. The number of nitrogens with zero attached hydrogens (tertiary/aromatic N) is 1. The molecule has 1 aliphatic heterocycles. The summed E-state index contributed by atoms with van der Waals surface area (Å²) in [5, 5.41) is 0. The Morgan fingerprint density at radius 2 is 1.68 bits per heavy atom. The van der Waals surface area contributed by atoms with Crippen LogP contribution >= 0.6 is 0 Å². The molecule has 0 radical (unpaired) electrons. The van der Waals surface area contributed by atoms with Crippen LogP contribution in [0, 0.1) is 0 Å². The number of rotatable bonds is 5. The van der Waals surface area contributed by atoms with Gasteiger partial charge in [0.15, 0.2) is 5.88 Å². The molecular formula is C16H25BFNO3. The molecule has 0 amide bonds. The first-order valence-electron chi connectivity index (χ1n) is 7.77. The fourth-order valence-corrected chi connectivity index (χ4v) is 2.28. The van der Waals surface area contributed by atoms with Crippen LogP contribution in [-0.2, 0) is 9.31 Å². The number of hydrogen-bond donors (Lipinski definition) is 0. The van der Waals surface area contributed by atoms with E-state index in [4.69, 9.17) is 13.7 Å². The van der Waals surface area contributed by atoms with Crippen LogP contribution in [0.4, 0.5) is 10.3 Å². The van der Waals surface area contributed by atoms with E-state index in [9.17, 15) is 4.39 Å². The Bertz CT molecular complexity index is 533. The van der Waals surface area contributed by atoms with Crippen molar-refractivity contribution < 1.29 is 18.1 Å². The predicted octanol–water partition coefficient (Wildman–Crippen LogP) is 4.07. The van der Waals surface area contributed by atoms with Gasteiger partial charge < -0.3 is 18.6 Å². The summed E-state index contributed by atoms with van der Waals surface area (Å²) in [6.45, 7) is 13.4. The van der Waals surface area contributed by atoms with Gasteiger partial charge in [-0.25, -0.2) is 4.39 Å². The molecular weight excluding hydrogens is 284 g/mol. The van der Waals surface area contributed by atoms with E-state index in [0.717, 1.165) is 19.0 Å². The van der Waals surface area contributed by atoms with Gasteiger partial charge in [-0.15, -0.1) is 0 Å². The highest BCUT2D eigenvalue weighted by Gasteiger charge is 2.53. The van der Waals surface area contributed by atoms with Crippen molar-refractivity contribution in [1.82, 2.24) is 0 Å². The largest absolute Gasteiger partial charge is 0.525 e. The van der Waals surface area contributed by atoms with Gasteiger partial charge >= 0.3 is 7.12 Å². The van der Waals surface area contributed by atoms with Crippen LogP contribution in [0.3, 0.4) is 0 Å². The van der Waals surface area contributed by atoms with Gasteiger partial charge in [0, 0.05) is 25.2 Å². The van der Waals surface area contributed by atoms with E-state index in [-0.39, 0.29) is 0 Å². The van der Waals surface area contributed by atoms with Crippen LogP contribution in [-0.4, -0.2) is 31.4 Å². The first-order chi connectivity index (χ1) is 10.2. The van der Waals surface area contributed by atoms with Crippen molar-refractivity contribution in [1.29, 1.82) is 0 Å². The Morgan fingerprint density at radius 3 is 2.18 bits per heavy atom. The van der Waals surface area contributed by atoms with E-state index < -0.39 is 24.0 Å². The van der Waals surface area contributed by atoms with E-state index in [1.54, 1.807) is 6.07 Å². The van der Waals surface area contributed by atoms with Crippen molar-refractivity contribution in [2.75, 3.05) is 18.0 Å². The average Bonchev–Trinajstić information content (AvgIpc) is 2.94. The molecule has 2 heterocycles. The maximum Gasteiger partial charge on any atom is 0.525 e. The van der Waals surface area contributed by atoms with Crippen LogP contribution < -0.4 is 4.90 Å². The van der Waals surface area contributed by atoms with Crippen molar-refractivity contribution in [3.05, 3.63) is 23.6 Å². The zero-order valence-electron chi connectivity index (χ0n) is 14.3. The molecule has 4 nitrogen and oxygen atoms in total. The van der Waals surface area contributed by atoms with E-state index in [1.165, 1.54) is 6.08 Å². The lowest BCUT2D eigenvalue weighted by atomic mass is 9.87. The summed E-state index contributed by atoms with van der Waals surface area (Å²) < 4.78 is 31.4. The first kappa shape index (κ1) is 17.1. The van der Waals surface area contributed by atoms with Gasteiger partial charge in [-0.3, -0.25) is 0 Å². The summed E-state index contributed by atoms with van der Waals surface area (Å²) in [5.41, 5.74) is -1.60. The second kappa shape index (κ2) is 6.09. The molecule has 6 heteroatoms. The van der Waals surface area contributed by atoms with Gasteiger partial charge in [0.2, 0.25) is 0 Å². The topological polar surface area (TPSA) is 34.8 Å². The molecule has 0 bridgehead atoms. The SMILES string of the molecule is CCN(CC)c1ccc(C=C(F)B2OC(C)(C)C(C)(C)O2)o1. The quantitative estimate of drug-likeness (QED) is 0.768. The van der Waals surface area contributed by atoms with Gasteiger partial charge in [0.05, 0.1) is 11.2 Å². The third-order valence-electron chi connectivity index (χ3n) is 4.45. The van der Waals surface area contributed by atoms with Gasteiger partial charge in [-0.1, -0.05) is 0 Å². The minimum atomic E-state index is -0.994. The van der Waals surface area contributed by atoms with Gasteiger partial charge in [-0.2, -0.15) is 0 Å². The zero-order valence-corrected chi connectivity index (χ0v) is 14.3. The highest BCUT2D eigenvalue weighted by Crippen LogP contribution is 2.39. The second-order valence-corrected chi connectivity index (χ2v) is 6.47. The van der Waals surface area contributed by atoms with Crippen LogP contribution in [0.25, 0.3) is 6.08 Å². The van der Waals surface area contributed by atoms with Crippen molar-refractivity contribution >= 4 is 19.1 Å². The van der Waals surface area contributed by atoms with Crippen LogP contribution in [0.1, 0.15) is 47.3 Å². The fraction of sp³-hybridized carbons (Fsp3) is 0.625. The van der Waals surface area contributed by atoms with Crippen LogP contribution in [0.15, 0.2) is 22.3 Å². The Morgan fingerprint density at radius 1 is 1.14 bits per heavy atom. The molecule has 1 aromatic heterocycles. The lowest BCUT2D eigenvalue weighted by Gasteiger charge is -2.32. The lowest BCUT2D eigenvalue weighted by Crippen LogP contribution is -2.41. The number of hydrogen-bond acceptors (Lipinski definition) is 4. The van der Waals surface area contributed by atoms with Crippen LogP contribution in [0.5, 0.6) is 0 Å². The molecule has 0 atom stereocenters. The van der Waals surface area contributed by atoms with Gasteiger partial charge in [-0.05, 0) is 47.6 Å². The van der Waals surface area contributed by atoms with Crippen molar-refractivity contribution in [3.63, 3.8) is 0 Å². The summed E-state index contributed by atoms with van der Waals surface area (Å²) >= 11 is 0. The van der Waals surface area contributed by atoms with E-state index >= 15 is 0 Å². The predicted molar refractivity (Wildman–Crippen MR) is 87.4 cm³/mol. The molecule has 1 aromatic rings. The molecule has 22 heavy (non-hydrogen) atoms. The summed E-state index contributed by atoms with van der Waals surface area (Å²) in [6, 6.07) is 3.59. The molecule has 0 spiro atoms. The van der Waals surface area contributed by atoms with Crippen molar-refractivity contribution in [3.8, 4) is 0 Å². The Hall–Kier alpha value is -1.27. The number of anilines is 1. The second-order valence-electron chi connectivity index (χ2n) is 6.47. The van der Waals surface area contributed by atoms with E-state index in [1.807, 2.05) is 47.6 Å². The Balaban J connectivity index is 2.14. The first-order valence-corrected chi connectivity index (χ1v) is 7.77. The average molecular weight is 309 g/mol. The molecule has 1 saturated heterocycles. The van der Waals surface area contributed by atoms with Gasteiger partial charge in [0.1, 0.15) is 11.5 Å². The Kier molecular flexibility index (Phi) is 4.73. The minimum Gasteiger partial charge on any atom is -0.441 e. The van der Waals surface area contributed by atoms with Gasteiger partial charge in [0.25, 0.3) is 0 Å². The van der Waals surface area contributed by atoms with Crippen molar-refractivity contribution in [2.45, 2.75) is 52.7 Å². The highest BCUT2D eigenvalue weighted by molar-refractivity contribution is 6.54. The summed E-state index contributed by atoms with van der Waals surface area (Å²) in [7, 11) is -0.994. The smallest absolute Gasteiger partial charge is 0.441 e. The molecule has 0 unspecified atom stereocenters. The molecule has 0 N–H and O–H groups in total. The zero-order chi connectivity index (χ0) is 16.5. The Labute approximate surface area is 132 Å². The molecule has 0 aromatic carbocycles. The fourth-order valence-electron chi connectivity index (χ4n) is 2.28. The molecule has 2 rings (SSSR count). The highest BCUT2D eigenvalue weighted by atomic mass is 19.1. The van der Waals surface area contributed by atoms with Crippen molar-refractivity contribution in [2.24, 2.45) is 0 Å². The third-order valence-corrected chi connectivity index (χ3v) is 4.45. The third kappa shape index (κ3) is 3.23. The summed E-state index contributed by atoms with van der Waals surface area (Å²) in [4.78, 5) is 2.06. The molecule has 0 aliphatic carbocycles. The number of halogens is 1.